The van der Waals surface area contributed by atoms with Crippen LogP contribution in [0.15, 0.2) is 53.4 Å². The highest BCUT2D eigenvalue weighted by Gasteiger charge is 2.20. The Bertz CT molecular complexity index is 965. The summed E-state index contributed by atoms with van der Waals surface area (Å²) in [6.45, 7) is 2.19. The van der Waals surface area contributed by atoms with Crippen LogP contribution in [-0.2, 0) is 19.6 Å². The quantitative estimate of drug-likeness (QED) is 0.527. The van der Waals surface area contributed by atoms with Gasteiger partial charge in [-0.3, -0.25) is 9.59 Å². The van der Waals surface area contributed by atoms with E-state index in [0.717, 1.165) is 12.8 Å². The van der Waals surface area contributed by atoms with Crippen LogP contribution in [-0.4, -0.2) is 39.5 Å². The van der Waals surface area contributed by atoms with E-state index in [1.807, 2.05) is 0 Å². The first kappa shape index (κ1) is 21.0. The lowest BCUT2D eigenvalue weighted by Crippen LogP contribution is -2.31. The zero-order valence-electron chi connectivity index (χ0n) is 15.9. The van der Waals surface area contributed by atoms with Crippen molar-refractivity contribution in [1.82, 2.24) is 4.72 Å². The molecule has 1 fully saturated rings. The fourth-order valence-corrected chi connectivity index (χ4v) is 3.92. The van der Waals surface area contributed by atoms with Crippen LogP contribution in [0.25, 0.3) is 0 Å². The first-order valence-electron chi connectivity index (χ1n) is 9.15. The van der Waals surface area contributed by atoms with Gasteiger partial charge in [0.15, 0.2) is 0 Å². The molecule has 2 aromatic rings. The molecule has 0 spiro atoms. The number of sulfonamides is 1. The maximum absolute atomic E-state index is 12.4. The zero-order chi connectivity index (χ0) is 20.9. The van der Waals surface area contributed by atoms with Gasteiger partial charge in [-0.1, -0.05) is 0 Å². The molecule has 2 N–H and O–H groups in total. The Morgan fingerprint density at radius 3 is 2.38 bits per heavy atom. The SMILES string of the molecule is CC(=O)Oc1ccc(C(=O)Nc2ccc(S(=O)(=O)NC[C@H]3CCCO3)cc2)cc1. The van der Waals surface area contributed by atoms with Crippen molar-refractivity contribution in [3.63, 3.8) is 0 Å². The molecule has 0 unspecified atom stereocenters. The van der Waals surface area contributed by atoms with Gasteiger partial charge in [-0.25, -0.2) is 13.1 Å². The van der Waals surface area contributed by atoms with E-state index in [0.29, 0.717) is 23.6 Å². The fourth-order valence-electron chi connectivity index (χ4n) is 2.85. The summed E-state index contributed by atoms with van der Waals surface area (Å²) in [5.74, 6) is -0.465. The highest BCUT2D eigenvalue weighted by Crippen LogP contribution is 2.18. The van der Waals surface area contributed by atoms with E-state index in [2.05, 4.69) is 10.0 Å². The fraction of sp³-hybridized carbons (Fsp3) is 0.300. The van der Waals surface area contributed by atoms with Crippen LogP contribution in [0.1, 0.15) is 30.1 Å². The Morgan fingerprint density at radius 2 is 1.79 bits per heavy atom. The van der Waals surface area contributed by atoms with Gasteiger partial charge in [-0.05, 0) is 61.4 Å². The predicted octanol–water partition coefficient (Wildman–Crippen LogP) is 2.32. The molecule has 0 aromatic heterocycles. The van der Waals surface area contributed by atoms with E-state index >= 15 is 0 Å². The molecular weight excluding hydrogens is 396 g/mol. The van der Waals surface area contributed by atoms with Crippen molar-refractivity contribution in [3.05, 3.63) is 54.1 Å². The molecule has 1 heterocycles. The minimum Gasteiger partial charge on any atom is -0.427 e. The number of hydrogen-bond donors (Lipinski definition) is 2. The summed E-state index contributed by atoms with van der Waals surface area (Å²) in [6, 6.07) is 12.0. The maximum atomic E-state index is 12.4. The molecule has 0 aliphatic carbocycles. The van der Waals surface area contributed by atoms with Gasteiger partial charge in [-0.2, -0.15) is 0 Å². The molecule has 1 aliphatic rings. The van der Waals surface area contributed by atoms with Gasteiger partial charge in [-0.15, -0.1) is 0 Å². The summed E-state index contributed by atoms with van der Waals surface area (Å²) in [5.41, 5.74) is 0.827. The highest BCUT2D eigenvalue weighted by atomic mass is 32.2. The lowest BCUT2D eigenvalue weighted by Gasteiger charge is -2.12. The molecule has 154 valence electrons. The summed E-state index contributed by atoms with van der Waals surface area (Å²) in [7, 11) is -3.64. The second kappa shape index (κ2) is 9.17. The summed E-state index contributed by atoms with van der Waals surface area (Å²) in [4.78, 5) is 23.3. The standard InChI is InChI=1S/C20H22N2O6S/c1-14(23)28-17-8-4-15(5-9-17)20(24)22-16-6-10-19(11-7-16)29(25,26)21-13-18-3-2-12-27-18/h4-11,18,21H,2-3,12-13H2,1H3,(H,22,24)/t18-/m1/s1. The average Bonchev–Trinajstić information content (AvgIpc) is 3.21. The number of nitrogens with one attached hydrogen (secondary N) is 2. The second-order valence-electron chi connectivity index (χ2n) is 6.58. The average molecular weight is 418 g/mol. The number of hydrogen-bond acceptors (Lipinski definition) is 6. The van der Waals surface area contributed by atoms with Gasteiger partial charge in [0.05, 0.1) is 11.0 Å². The van der Waals surface area contributed by atoms with Crippen LogP contribution in [0.5, 0.6) is 5.75 Å². The van der Waals surface area contributed by atoms with Crippen molar-refractivity contribution in [2.24, 2.45) is 0 Å². The van der Waals surface area contributed by atoms with Gasteiger partial charge in [0.1, 0.15) is 5.75 Å². The molecule has 0 radical (unpaired) electrons. The Kier molecular flexibility index (Phi) is 6.63. The number of carbonyl (C=O) groups is 2. The highest BCUT2D eigenvalue weighted by molar-refractivity contribution is 7.89. The first-order valence-corrected chi connectivity index (χ1v) is 10.6. The molecule has 1 amide bonds. The molecule has 3 rings (SSSR count). The summed E-state index contributed by atoms with van der Waals surface area (Å²) >= 11 is 0. The van der Waals surface area contributed by atoms with Crippen LogP contribution in [0.4, 0.5) is 5.69 Å². The maximum Gasteiger partial charge on any atom is 0.308 e. The van der Waals surface area contributed by atoms with E-state index in [4.69, 9.17) is 9.47 Å². The molecule has 29 heavy (non-hydrogen) atoms. The number of benzene rings is 2. The largest absolute Gasteiger partial charge is 0.427 e. The van der Waals surface area contributed by atoms with Gasteiger partial charge < -0.3 is 14.8 Å². The van der Waals surface area contributed by atoms with E-state index in [1.54, 1.807) is 0 Å². The van der Waals surface area contributed by atoms with Crippen LogP contribution in [0, 0.1) is 0 Å². The number of carbonyl (C=O) groups excluding carboxylic acids is 2. The Morgan fingerprint density at radius 1 is 1.10 bits per heavy atom. The minimum absolute atomic E-state index is 0.0874. The molecule has 8 nitrogen and oxygen atoms in total. The van der Waals surface area contributed by atoms with Gasteiger partial charge >= 0.3 is 5.97 Å². The molecular formula is C20H22N2O6S. The molecule has 9 heteroatoms. The Labute approximate surface area is 169 Å². The molecule has 1 saturated heterocycles. The molecule has 0 bridgehead atoms. The minimum atomic E-state index is -3.64. The molecule has 2 aromatic carbocycles. The molecule has 0 saturated carbocycles. The van der Waals surface area contributed by atoms with E-state index < -0.39 is 16.0 Å². The van der Waals surface area contributed by atoms with Crippen molar-refractivity contribution >= 4 is 27.6 Å². The number of amides is 1. The number of ether oxygens (including phenoxy) is 2. The summed E-state index contributed by atoms with van der Waals surface area (Å²) < 4.78 is 37.6. The third kappa shape index (κ3) is 5.86. The Hall–Kier alpha value is -2.75. The predicted molar refractivity (Wildman–Crippen MR) is 106 cm³/mol. The van der Waals surface area contributed by atoms with Crippen molar-refractivity contribution in [3.8, 4) is 5.75 Å². The van der Waals surface area contributed by atoms with Gasteiger partial charge in [0, 0.05) is 31.3 Å². The van der Waals surface area contributed by atoms with E-state index in [9.17, 15) is 18.0 Å². The van der Waals surface area contributed by atoms with Gasteiger partial charge in [0.25, 0.3) is 5.91 Å². The Balaban J connectivity index is 1.59. The van der Waals surface area contributed by atoms with Crippen LogP contribution >= 0.6 is 0 Å². The lowest BCUT2D eigenvalue weighted by molar-refractivity contribution is -0.131. The smallest absolute Gasteiger partial charge is 0.308 e. The monoisotopic (exact) mass is 418 g/mol. The summed E-state index contributed by atoms with van der Waals surface area (Å²) in [6.07, 6.45) is 1.69. The first-order chi connectivity index (χ1) is 13.8. The zero-order valence-corrected chi connectivity index (χ0v) is 16.7. The van der Waals surface area contributed by atoms with Crippen LogP contribution < -0.4 is 14.8 Å². The van der Waals surface area contributed by atoms with Crippen molar-refractivity contribution in [1.29, 1.82) is 0 Å². The lowest BCUT2D eigenvalue weighted by atomic mass is 10.2. The van der Waals surface area contributed by atoms with Gasteiger partial charge in [0.2, 0.25) is 10.0 Å². The van der Waals surface area contributed by atoms with E-state index in [-0.39, 0.29) is 23.5 Å². The van der Waals surface area contributed by atoms with Crippen molar-refractivity contribution in [2.75, 3.05) is 18.5 Å². The number of anilines is 1. The van der Waals surface area contributed by atoms with Crippen LogP contribution in [0.3, 0.4) is 0 Å². The second-order valence-corrected chi connectivity index (χ2v) is 8.35. The molecule has 1 aliphatic heterocycles. The molecule has 1 atom stereocenters. The third-order valence-corrected chi connectivity index (χ3v) is 5.77. The van der Waals surface area contributed by atoms with Crippen molar-refractivity contribution < 1.29 is 27.5 Å². The summed E-state index contributed by atoms with van der Waals surface area (Å²) in [5, 5.41) is 2.69. The topological polar surface area (TPSA) is 111 Å². The van der Waals surface area contributed by atoms with Crippen molar-refractivity contribution in [2.45, 2.75) is 30.8 Å². The third-order valence-electron chi connectivity index (χ3n) is 4.33. The van der Waals surface area contributed by atoms with Crippen LogP contribution in [0.2, 0.25) is 0 Å². The number of esters is 1. The number of rotatable bonds is 7. The van der Waals surface area contributed by atoms with E-state index in [1.165, 1.54) is 55.5 Å². The normalized spacial score (nSPS) is 16.4.